The first-order chi connectivity index (χ1) is 8.31. The summed E-state index contributed by atoms with van der Waals surface area (Å²) in [7, 11) is 0. The molecule has 1 aliphatic heterocycles. The number of aliphatic hydroxyl groups excluding tert-OH is 1. The first kappa shape index (κ1) is 12.0. The zero-order valence-corrected chi connectivity index (χ0v) is 10.1. The lowest BCUT2D eigenvalue weighted by Crippen LogP contribution is -2.03. The van der Waals surface area contributed by atoms with Crippen LogP contribution in [-0.2, 0) is 4.74 Å². The molecule has 0 saturated carbocycles. The molecule has 0 fully saturated rings. The largest absolute Gasteiger partial charge is 0.495 e. The SMILES string of the molecule is CCCOc1cccc(C(O)C2=CCCO2)c1. The van der Waals surface area contributed by atoms with Crippen LogP contribution in [0.5, 0.6) is 5.75 Å². The average Bonchev–Trinajstić information content (AvgIpc) is 2.89. The van der Waals surface area contributed by atoms with Crippen molar-refractivity contribution < 1.29 is 14.6 Å². The van der Waals surface area contributed by atoms with Gasteiger partial charge in [-0.3, -0.25) is 0 Å². The maximum absolute atomic E-state index is 10.1. The molecule has 0 saturated heterocycles. The second kappa shape index (κ2) is 5.73. The van der Waals surface area contributed by atoms with E-state index in [-0.39, 0.29) is 0 Å². The number of hydrogen-bond acceptors (Lipinski definition) is 3. The molecule has 1 heterocycles. The van der Waals surface area contributed by atoms with Crippen molar-refractivity contribution in [3.63, 3.8) is 0 Å². The molecule has 1 N–H and O–H groups in total. The molecule has 1 aliphatic rings. The topological polar surface area (TPSA) is 38.7 Å². The molecule has 0 aromatic heterocycles. The molecule has 3 heteroatoms. The Morgan fingerprint density at radius 2 is 2.35 bits per heavy atom. The van der Waals surface area contributed by atoms with Gasteiger partial charge in [-0.15, -0.1) is 0 Å². The Bertz CT molecular complexity index is 398. The minimum atomic E-state index is -0.678. The quantitative estimate of drug-likeness (QED) is 0.851. The first-order valence-corrected chi connectivity index (χ1v) is 6.05. The Labute approximate surface area is 102 Å². The molecule has 17 heavy (non-hydrogen) atoms. The first-order valence-electron chi connectivity index (χ1n) is 6.05. The second-order valence-electron chi connectivity index (χ2n) is 4.07. The lowest BCUT2D eigenvalue weighted by molar-refractivity contribution is 0.118. The fourth-order valence-corrected chi connectivity index (χ4v) is 1.79. The minimum absolute atomic E-state index is 0.651. The van der Waals surface area contributed by atoms with Crippen LogP contribution in [0, 0.1) is 0 Å². The van der Waals surface area contributed by atoms with Crippen molar-refractivity contribution in [1.29, 1.82) is 0 Å². The van der Waals surface area contributed by atoms with E-state index in [0.29, 0.717) is 19.0 Å². The van der Waals surface area contributed by atoms with Gasteiger partial charge in [0.1, 0.15) is 17.6 Å². The molecule has 0 aliphatic carbocycles. The van der Waals surface area contributed by atoms with Crippen LogP contribution in [0.3, 0.4) is 0 Å². The third kappa shape index (κ3) is 3.01. The highest BCUT2D eigenvalue weighted by molar-refractivity contribution is 5.33. The number of benzene rings is 1. The minimum Gasteiger partial charge on any atom is -0.495 e. The van der Waals surface area contributed by atoms with Gasteiger partial charge < -0.3 is 14.6 Å². The average molecular weight is 234 g/mol. The standard InChI is InChI=1S/C14H18O3/c1-2-8-16-12-6-3-5-11(10-12)14(15)13-7-4-9-17-13/h3,5-7,10,14-15H,2,4,8-9H2,1H3. The summed E-state index contributed by atoms with van der Waals surface area (Å²) in [4.78, 5) is 0. The Morgan fingerprint density at radius 3 is 3.06 bits per heavy atom. The molecule has 2 rings (SSSR count). The van der Waals surface area contributed by atoms with Gasteiger partial charge >= 0.3 is 0 Å². The molecule has 0 spiro atoms. The lowest BCUT2D eigenvalue weighted by atomic mass is 10.1. The number of rotatable bonds is 5. The zero-order valence-electron chi connectivity index (χ0n) is 10.1. The van der Waals surface area contributed by atoms with Crippen molar-refractivity contribution >= 4 is 0 Å². The Balaban J connectivity index is 2.09. The van der Waals surface area contributed by atoms with E-state index in [2.05, 4.69) is 6.92 Å². The third-order valence-electron chi connectivity index (χ3n) is 2.65. The highest BCUT2D eigenvalue weighted by Gasteiger charge is 2.18. The maximum Gasteiger partial charge on any atom is 0.136 e. The van der Waals surface area contributed by atoms with E-state index in [4.69, 9.17) is 9.47 Å². The van der Waals surface area contributed by atoms with Crippen LogP contribution in [0.4, 0.5) is 0 Å². The summed E-state index contributed by atoms with van der Waals surface area (Å²) >= 11 is 0. The normalized spacial score (nSPS) is 16.2. The van der Waals surface area contributed by atoms with Crippen LogP contribution >= 0.6 is 0 Å². The molecule has 92 valence electrons. The molecule has 0 radical (unpaired) electrons. The fraction of sp³-hybridized carbons (Fsp3) is 0.429. The van der Waals surface area contributed by atoms with E-state index >= 15 is 0 Å². The van der Waals surface area contributed by atoms with Crippen LogP contribution in [0.15, 0.2) is 36.1 Å². The highest BCUT2D eigenvalue weighted by atomic mass is 16.5. The predicted octanol–water partition coefficient (Wildman–Crippen LogP) is 2.81. The van der Waals surface area contributed by atoms with Gasteiger partial charge in [0, 0.05) is 6.42 Å². The number of hydrogen-bond donors (Lipinski definition) is 1. The van der Waals surface area contributed by atoms with Crippen molar-refractivity contribution in [3.05, 3.63) is 41.7 Å². The van der Waals surface area contributed by atoms with Gasteiger partial charge in [0.05, 0.1) is 13.2 Å². The number of ether oxygens (including phenoxy) is 2. The molecular formula is C14H18O3. The van der Waals surface area contributed by atoms with Crippen molar-refractivity contribution in [3.8, 4) is 5.75 Å². The predicted molar refractivity (Wildman–Crippen MR) is 65.8 cm³/mol. The van der Waals surface area contributed by atoms with Gasteiger partial charge in [-0.25, -0.2) is 0 Å². The third-order valence-corrected chi connectivity index (χ3v) is 2.65. The fourth-order valence-electron chi connectivity index (χ4n) is 1.79. The lowest BCUT2D eigenvalue weighted by Gasteiger charge is -2.13. The molecule has 1 unspecified atom stereocenters. The summed E-state index contributed by atoms with van der Waals surface area (Å²) in [5, 5.41) is 10.1. The molecule has 3 nitrogen and oxygen atoms in total. The summed E-state index contributed by atoms with van der Waals surface area (Å²) in [5.41, 5.74) is 0.812. The monoisotopic (exact) mass is 234 g/mol. The second-order valence-corrected chi connectivity index (χ2v) is 4.07. The Kier molecular flexibility index (Phi) is 4.04. The summed E-state index contributed by atoms with van der Waals surface area (Å²) < 4.78 is 10.9. The van der Waals surface area contributed by atoms with Gasteiger partial charge in [-0.05, 0) is 30.2 Å². The van der Waals surface area contributed by atoms with E-state index < -0.39 is 6.10 Å². The molecule has 0 amide bonds. The number of aliphatic hydroxyl groups is 1. The van der Waals surface area contributed by atoms with E-state index in [9.17, 15) is 5.11 Å². The molecular weight excluding hydrogens is 216 g/mol. The van der Waals surface area contributed by atoms with E-state index in [1.165, 1.54) is 0 Å². The Morgan fingerprint density at radius 1 is 1.47 bits per heavy atom. The summed E-state index contributed by atoms with van der Waals surface area (Å²) in [6.45, 7) is 3.42. The van der Waals surface area contributed by atoms with E-state index in [1.807, 2.05) is 30.3 Å². The summed E-state index contributed by atoms with van der Waals surface area (Å²) in [6, 6.07) is 7.53. The van der Waals surface area contributed by atoms with Crippen molar-refractivity contribution in [2.75, 3.05) is 13.2 Å². The molecule has 1 atom stereocenters. The van der Waals surface area contributed by atoms with E-state index in [0.717, 1.165) is 24.2 Å². The van der Waals surface area contributed by atoms with Gasteiger partial charge in [-0.1, -0.05) is 19.1 Å². The zero-order chi connectivity index (χ0) is 12.1. The van der Waals surface area contributed by atoms with Crippen LogP contribution in [-0.4, -0.2) is 18.3 Å². The Hall–Kier alpha value is -1.48. The molecule has 1 aromatic carbocycles. The van der Waals surface area contributed by atoms with Crippen LogP contribution in [0.2, 0.25) is 0 Å². The van der Waals surface area contributed by atoms with Crippen molar-refractivity contribution in [2.45, 2.75) is 25.9 Å². The van der Waals surface area contributed by atoms with Crippen molar-refractivity contribution in [2.24, 2.45) is 0 Å². The van der Waals surface area contributed by atoms with Crippen LogP contribution < -0.4 is 4.74 Å². The van der Waals surface area contributed by atoms with E-state index in [1.54, 1.807) is 0 Å². The smallest absolute Gasteiger partial charge is 0.136 e. The van der Waals surface area contributed by atoms with Gasteiger partial charge in [0.25, 0.3) is 0 Å². The van der Waals surface area contributed by atoms with Crippen LogP contribution in [0.25, 0.3) is 0 Å². The summed E-state index contributed by atoms with van der Waals surface area (Å²) in [5.74, 6) is 1.44. The van der Waals surface area contributed by atoms with Gasteiger partial charge in [-0.2, -0.15) is 0 Å². The molecule has 0 bridgehead atoms. The molecule has 1 aromatic rings. The van der Waals surface area contributed by atoms with Crippen LogP contribution in [0.1, 0.15) is 31.4 Å². The van der Waals surface area contributed by atoms with Crippen molar-refractivity contribution in [1.82, 2.24) is 0 Å². The van der Waals surface area contributed by atoms with Gasteiger partial charge in [0.2, 0.25) is 0 Å². The van der Waals surface area contributed by atoms with Gasteiger partial charge in [0.15, 0.2) is 0 Å². The highest BCUT2D eigenvalue weighted by Crippen LogP contribution is 2.28. The maximum atomic E-state index is 10.1. The summed E-state index contributed by atoms with van der Waals surface area (Å²) in [6.07, 6.45) is 3.10.